The Morgan fingerprint density at radius 3 is 2.44 bits per heavy atom. The molecular formula is C13H24N4S. The van der Waals surface area contributed by atoms with E-state index in [0.29, 0.717) is 12.0 Å². The van der Waals surface area contributed by atoms with Crippen molar-refractivity contribution < 1.29 is 0 Å². The van der Waals surface area contributed by atoms with E-state index in [4.69, 9.17) is 10.7 Å². The van der Waals surface area contributed by atoms with Crippen LogP contribution in [0.3, 0.4) is 0 Å². The van der Waals surface area contributed by atoms with Gasteiger partial charge in [0, 0.05) is 44.1 Å². The molecule has 0 aliphatic carbocycles. The van der Waals surface area contributed by atoms with E-state index >= 15 is 0 Å². The van der Waals surface area contributed by atoms with Gasteiger partial charge in [0.05, 0.1) is 5.69 Å². The van der Waals surface area contributed by atoms with Crippen LogP contribution < -0.4 is 10.6 Å². The second-order valence-electron chi connectivity index (χ2n) is 5.32. The van der Waals surface area contributed by atoms with Gasteiger partial charge in [-0.3, -0.25) is 4.90 Å². The number of nitrogens with two attached hydrogens (primary N) is 1. The van der Waals surface area contributed by atoms with Crippen LogP contribution in [0, 0.1) is 0 Å². The van der Waals surface area contributed by atoms with Crippen molar-refractivity contribution in [1.29, 1.82) is 0 Å². The Labute approximate surface area is 114 Å². The highest BCUT2D eigenvalue weighted by atomic mass is 32.1. The van der Waals surface area contributed by atoms with E-state index in [9.17, 15) is 0 Å². The smallest absolute Gasteiger partial charge is 0.185 e. The summed E-state index contributed by atoms with van der Waals surface area (Å²) in [5, 5.41) is 3.37. The topological polar surface area (TPSA) is 45.4 Å². The molecule has 5 heteroatoms. The third-order valence-corrected chi connectivity index (χ3v) is 4.57. The van der Waals surface area contributed by atoms with Crippen LogP contribution in [0.1, 0.15) is 32.4 Å². The van der Waals surface area contributed by atoms with E-state index in [1.165, 1.54) is 10.8 Å². The molecule has 1 aliphatic heterocycles. The molecule has 0 spiro atoms. The number of anilines is 1. The number of nitrogens with zero attached hydrogens (tertiary/aromatic N) is 3. The Balaban J connectivity index is 1.92. The standard InChI is InChI=1S/C13H24N4S/c1-10(2)12-9-18-13(15-12)17-6-4-16(5-7-17)11(3)8-14/h9-11H,4-8,14H2,1-3H3. The fourth-order valence-corrected chi connectivity index (χ4v) is 3.23. The maximum atomic E-state index is 5.72. The Kier molecular flexibility index (Phi) is 4.59. The van der Waals surface area contributed by atoms with Gasteiger partial charge in [-0.2, -0.15) is 0 Å². The van der Waals surface area contributed by atoms with Gasteiger partial charge in [0.25, 0.3) is 0 Å². The summed E-state index contributed by atoms with van der Waals surface area (Å²) >= 11 is 1.77. The molecule has 2 heterocycles. The minimum atomic E-state index is 0.495. The van der Waals surface area contributed by atoms with Gasteiger partial charge in [-0.1, -0.05) is 13.8 Å². The minimum Gasteiger partial charge on any atom is -0.346 e. The second-order valence-corrected chi connectivity index (χ2v) is 6.15. The zero-order chi connectivity index (χ0) is 13.1. The molecule has 1 aromatic heterocycles. The third-order valence-electron chi connectivity index (χ3n) is 3.65. The van der Waals surface area contributed by atoms with Crippen LogP contribution in [0.5, 0.6) is 0 Å². The summed E-state index contributed by atoms with van der Waals surface area (Å²) < 4.78 is 0. The van der Waals surface area contributed by atoms with Gasteiger partial charge >= 0.3 is 0 Å². The van der Waals surface area contributed by atoms with E-state index in [1.54, 1.807) is 11.3 Å². The van der Waals surface area contributed by atoms with Gasteiger partial charge in [0.1, 0.15) is 0 Å². The monoisotopic (exact) mass is 268 g/mol. The molecule has 0 aromatic carbocycles. The van der Waals surface area contributed by atoms with Crippen molar-refractivity contribution in [3.05, 3.63) is 11.1 Å². The van der Waals surface area contributed by atoms with E-state index in [0.717, 1.165) is 32.7 Å². The number of hydrogen-bond donors (Lipinski definition) is 1. The van der Waals surface area contributed by atoms with Crippen molar-refractivity contribution in [2.24, 2.45) is 5.73 Å². The molecule has 1 saturated heterocycles. The largest absolute Gasteiger partial charge is 0.346 e. The molecule has 102 valence electrons. The third kappa shape index (κ3) is 3.02. The van der Waals surface area contributed by atoms with E-state index in [-0.39, 0.29) is 0 Å². The molecule has 0 amide bonds. The maximum absolute atomic E-state index is 5.72. The number of rotatable bonds is 4. The first-order valence-electron chi connectivity index (χ1n) is 6.76. The highest BCUT2D eigenvalue weighted by Gasteiger charge is 2.22. The van der Waals surface area contributed by atoms with E-state index < -0.39 is 0 Å². The number of aromatic nitrogens is 1. The highest BCUT2D eigenvalue weighted by molar-refractivity contribution is 7.13. The summed E-state index contributed by atoms with van der Waals surface area (Å²) in [7, 11) is 0. The maximum Gasteiger partial charge on any atom is 0.185 e. The Morgan fingerprint density at radius 1 is 1.28 bits per heavy atom. The molecule has 1 atom stereocenters. The van der Waals surface area contributed by atoms with Crippen molar-refractivity contribution in [1.82, 2.24) is 9.88 Å². The molecule has 0 saturated carbocycles. The molecule has 2 N–H and O–H groups in total. The molecular weight excluding hydrogens is 244 g/mol. The van der Waals surface area contributed by atoms with Crippen LogP contribution in [0.2, 0.25) is 0 Å². The van der Waals surface area contributed by atoms with Gasteiger partial charge in [-0.05, 0) is 12.8 Å². The van der Waals surface area contributed by atoms with Crippen LogP contribution in [0.4, 0.5) is 5.13 Å². The predicted octanol–water partition coefficient (Wildman–Crippen LogP) is 1.74. The lowest BCUT2D eigenvalue weighted by molar-refractivity contribution is 0.201. The van der Waals surface area contributed by atoms with Gasteiger partial charge in [0.2, 0.25) is 0 Å². The van der Waals surface area contributed by atoms with Crippen molar-refractivity contribution >= 4 is 16.5 Å². The van der Waals surface area contributed by atoms with Crippen molar-refractivity contribution in [2.75, 3.05) is 37.6 Å². The Bertz CT molecular complexity index is 369. The van der Waals surface area contributed by atoms with Crippen molar-refractivity contribution in [3.8, 4) is 0 Å². The molecule has 1 aliphatic rings. The molecule has 2 rings (SSSR count). The quantitative estimate of drug-likeness (QED) is 0.903. The average Bonchev–Trinajstić information content (AvgIpc) is 2.88. The molecule has 1 aromatic rings. The summed E-state index contributed by atoms with van der Waals surface area (Å²) in [4.78, 5) is 9.59. The molecule has 4 nitrogen and oxygen atoms in total. The van der Waals surface area contributed by atoms with Gasteiger partial charge in [0.15, 0.2) is 5.13 Å². The average molecular weight is 268 g/mol. The van der Waals surface area contributed by atoms with Crippen LogP contribution in [0.25, 0.3) is 0 Å². The van der Waals surface area contributed by atoms with Crippen molar-refractivity contribution in [2.45, 2.75) is 32.7 Å². The zero-order valence-corrected chi connectivity index (χ0v) is 12.4. The second kappa shape index (κ2) is 5.99. The lowest BCUT2D eigenvalue weighted by atomic mass is 10.2. The molecule has 1 unspecified atom stereocenters. The minimum absolute atomic E-state index is 0.495. The molecule has 0 radical (unpaired) electrons. The summed E-state index contributed by atoms with van der Waals surface area (Å²) in [5.41, 5.74) is 6.94. The van der Waals surface area contributed by atoms with Gasteiger partial charge in [-0.15, -0.1) is 11.3 Å². The first-order chi connectivity index (χ1) is 8.61. The number of piperazine rings is 1. The first-order valence-corrected chi connectivity index (χ1v) is 7.64. The molecule has 18 heavy (non-hydrogen) atoms. The summed E-state index contributed by atoms with van der Waals surface area (Å²) in [5.74, 6) is 0.522. The fraction of sp³-hybridized carbons (Fsp3) is 0.769. The fourth-order valence-electron chi connectivity index (χ4n) is 2.19. The van der Waals surface area contributed by atoms with Crippen LogP contribution in [-0.2, 0) is 0 Å². The summed E-state index contributed by atoms with van der Waals surface area (Å²) in [6.07, 6.45) is 0. The highest BCUT2D eigenvalue weighted by Crippen LogP contribution is 2.25. The normalized spacial score (nSPS) is 19.5. The van der Waals surface area contributed by atoms with Crippen LogP contribution >= 0.6 is 11.3 Å². The first kappa shape index (κ1) is 13.8. The molecule has 0 bridgehead atoms. The van der Waals surface area contributed by atoms with Gasteiger partial charge in [-0.25, -0.2) is 4.98 Å². The number of thiazole rings is 1. The van der Waals surface area contributed by atoms with E-state index in [2.05, 4.69) is 36.0 Å². The lowest BCUT2D eigenvalue weighted by Gasteiger charge is -2.37. The lowest BCUT2D eigenvalue weighted by Crippen LogP contribution is -2.51. The van der Waals surface area contributed by atoms with E-state index in [1.807, 2.05) is 0 Å². The predicted molar refractivity (Wildman–Crippen MR) is 78.5 cm³/mol. The summed E-state index contributed by atoms with van der Waals surface area (Å²) in [6, 6.07) is 0.495. The number of hydrogen-bond acceptors (Lipinski definition) is 5. The zero-order valence-electron chi connectivity index (χ0n) is 11.6. The van der Waals surface area contributed by atoms with Gasteiger partial charge < -0.3 is 10.6 Å². The van der Waals surface area contributed by atoms with Crippen LogP contribution in [-0.4, -0.2) is 48.6 Å². The molecule has 1 fully saturated rings. The SMILES string of the molecule is CC(C)c1csc(N2CCN(C(C)CN)CC2)n1. The Morgan fingerprint density at radius 2 is 1.94 bits per heavy atom. The Hall–Kier alpha value is -0.650. The van der Waals surface area contributed by atoms with Crippen LogP contribution in [0.15, 0.2) is 5.38 Å². The summed E-state index contributed by atoms with van der Waals surface area (Å²) in [6.45, 7) is 11.7. The van der Waals surface area contributed by atoms with Crippen molar-refractivity contribution in [3.63, 3.8) is 0 Å².